The maximum atomic E-state index is 13.1. The van der Waals surface area contributed by atoms with Crippen LogP contribution in [-0.4, -0.2) is 65.3 Å². The highest BCUT2D eigenvalue weighted by Gasteiger charge is 2.63. The highest BCUT2D eigenvalue weighted by atomic mass is 32.2. The van der Waals surface area contributed by atoms with E-state index in [4.69, 9.17) is 0 Å². The molecular weight excluding hydrogens is 575 g/mol. The number of alkyl halides is 3. The molecule has 0 unspecified atom stereocenters. The Morgan fingerprint density at radius 3 is 2.55 bits per heavy atom. The molecular formula is C25H24F3N3O7S2. The van der Waals surface area contributed by atoms with Crippen LogP contribution in [0.15, 0.2) is 51.2 Å². The summed E-state index contributed by atoms with van der Waals surface area (Å²) in [7, 11) is -4.37. The van der Waals surface area contributed by atoms with Gasteiger partial charge in [0.1, 0.15) is 15.4 Å². The largest absolute Gasteiger partial charge is 0.480 e. The number of aliphatic hydroxyl groups excluding tert-OH is 1. The number of likely N-dealkylation sites (tertiary alicyclic amines) is 1. The predicted molar refractivity (Wildman–Crippen MR) is 135 cm³/mol. The fourth-order valence-corrected chi connectivity index (χ4v) is 7.46. The van der Waals surface area contributed by atoms with Gasteiger partial charge in [-0.1, -0.05) is 29.4 Å². The SMILES string of the molecule is O=C(Cc1cccc([C@@H]2C[C@]2(NS(=O)(=O)c2ccc(-c3cc(C(F)(F)F)on3)s2)C(=O)O)c1)N1CCC(O)CC1. The zero-order valence-corrected chi connectivity index (χ0v) is 22.4. The summed E-state index contributed by atoms with van der Waals surface area (Å²) in [5.74, 6) is -3.53. The van der Waals surface area contributed by atoms with Gasteiger partial charge in [-0.25, -0.2) is 8.42 Å². The lowest BCUT2D eigenvalue weighted by Gasteiger charge is -2.29. The topological polar surface area (TPSA) is 150 Å². The first-order valence-electron chi connectivity index (χ1n) is 12.2. The second-order valence-electron chi connectivity index (χ2n) is 9.87. The maximum Gasteiger partial charge on any atom is 0.452 e. The van der Waals surface area contributed by atoms with Gasteiger partial charge in [-0.05, 0) is 42.5 Å². The Labute approximate surface area is 230 Å². The Hall–Kier alpha value is -3.27. The summed E-state index contributed by atoms with van der Waals surface area (Å²) in [4.78, 5) is 26.7. The number of nitrogens with one attached hydrogen (secondary N) is 1. The van der Waals surface area contributed by atoms with Crippen LogP contribution in [0.2, 0.25) is 0 Å². The Morgan fingerprint density at radius 2 is 1.90 bits per heavy atom. The summed E-state index contributed by atoms with van der Waals surface area (Å²) >= 11 is 0.626. The molecule has 1 saturated carbocycles. The van der Waals surface area contributed by atoms with Crippen molar-refractivity contribution in [2.24, 2.45) is 0 Å². The van der Waals surface area contributed by atoms with Gasteiger partial charge in [0.25, 0.3) is 10.0 Å². The van der Waals surface area contributed by atoms with Gasteiger partial charge < -0.3 is 19.6 Å². The second kappa shape index (κ2) is 10.3. The molecule has 3 N–H and O–H groups in total. The smallest absolute Gasteiger partial charge is 0.452 e. The standard InChI is InChI=1S/C25H24F3N3O7S2/c26-25(27,28)20-12-18(29-38-20)19-4-5-22(39-19)40(36,37)30-24(23(34)35)13-17(24)15-3-1-2-14(10-15)11-21(33)31-8-6-16(32)7-9-31/h1-5,10,12,16-17,30,32H,6-9,11,13H2,(H,34,35)/t17-,24+/m0/s1. The van der Waals surface area contributed by atoms with Gasteiger partial charge in [0.15, 0.2) is 0 Å². The zero-order chi connectivity index (χ0) is 28.9. The van der Waals surface area contributed by atoms with Crippen molar-refractivity contribution in [3.63, 3.8) is 0 Å². The van der Waals surface area contributed by atoms with Crippen LogP contribution in [0.4, 0.5) is 13.2 Å². The molecule has 2 aromatic heterocycles. The van der Waals surface area contributed by atoms with Crippen LogP contribution < -0.4 is 4.72 Å². The number of nitrogens with zero attached hydrogens (tertiary/aromatic N) is 2. The monoisotopic (exact) mass is 599 g/mol. The van der Waals surface area contributed by atoms with Gasteiger partial charge in [-0.3, -0.25) is 9.59 Å². The molecule has 1 amide bonds. The van der Waals surface area contributed by atoms with Crippen LogP contribution in [0, 0.1) is 0 Å². The molecule has 2 atom stereocenters. The molecule has 1 aromatic carbocycles. The number of aliphatic carboxylic acids is 1. The summed E-state index contributed by atoms with van der Waals surface area (Å²) in [6, 6.07) is 9.83. The molecule has 1 saturated heterocycles. The highest BCUT2D eigenvalue weighted by Crippen LogP contribution is 2.53. The number of rotatable bonds is 8. The second-order valence-corrected chi connectivity index (χ2v) is 12.9. The van der Waals surface area contributed by atoms with Crippen LogP contribution in [0.3, 0.4) is 0 Å². The number of thiophene rings is 1. The number of amides is 1. The van der Waals surface area contributed by atoms with Crippen LogP contribution in [0.1, 0.15) is 42.1 Å². The van der Waals surface area contributed by atoms with Gasteiger partial charge in [-0.15, -0.1) is 11.3 Å². The van der Waals surface area contributed by atoms with Gasteiger partial charge >= 0.3 is 12.1 Å². The molecule has 1 aliphatic heterocycles. The first kappa shape index (κ1) is 28.3. The van der Waals surface area contributed by atoms with E-state index in [2.05, 4.69) is 14.4 Å². The van der Waals surface area contributed by atoms with Crippen molar-refractivity contribution < 1.29 is 45.9 Å². The normalized spacial score (nSPS) is 21.9. The van der Waals surface area contributed by atoms with Gasteiger partial charge in [0.2, 0.25) is 11.7 Å². The summed E-state index contributed by atoms with van der Waals surface area (Å²) in [5.41, 5.74) is -0.829. The molecule has 5 rings (SSSR count). The minimum Gasteiger partial charge on any atom is -0.480 e. The molecule has 214 valence electrons. The molecule has 0 radical (unpaired) electrons. The van der Waals surface area contributed by atoms with Crippen molar-refractivity contribution in [2.45, 2.75) is 53.6 Å². The predicted octanol–water partition coefficient (Wildman–Crippen LogP) is 3.24. The molecule has 2 aliphatic rings. The molecule has 3 aromatic rings. The number of aliphatic hydroxyl groups is 1. The van der Waals surface area contributed by atoms with E-state index in [0.717, 1.165) is 6.07 Å². The summed E-state index contributed by atoms with van der Waals surface area (Å²) in [5, 5.41) is 23.0. The lowest BCUT2D eigenvalue weighted by atomic mass is 10.0. The van der Waals surface area contributed by atoms with Crippen molar-refractivity contribution in [1.29, 1.82) is 0 Å². The third-order valence-electron chi connectivity index (χ3n) is 7.07. The van der Waals surface area contributed by atoms with Crippen LogP contribution in [0.25, 0.3) is 10.6 Å². The van der Waals surface area contributed by atoms with Crippen LogP contribution in [0.5, 0.6) is 0 Å². The number of piperidine rings is 1. The molecule has 3 heterocycles. The number of carboxylic acid groups (broad SMARTS) is 1. The molecule has 15 heteroatoms. The summed E-state index contributed by atoms with van der Waals surface area (Å²) in [6.07, 6.45) is -4.10. The van der Waals surface area contributed by atoms with E-state index in [9.17, 15) is 41.4 Å². The first-order chi connectivity index (χ1) is 18.8. The third-order valence-corrected chi connectivity index (χ3v) is 10.2. The Kier molecular flexibility index (Phi) is 7.27. The van der Waals surface area contributed by atoms with E-state index in [1.807, 2.05) is 0 Å². The number of carbonyl (C=O) groups is 2. The van der Waals surface area contributed by atoms with Crippen LogP contribution >= 0.6 is 11.3 Å². The summed E-state index contributed by atoms with van der Waals surface area (Å²) < 4.78 is 71.0. The van der Waals surface area contributed by atoms with Crippen molar-refractivity contribution >= 4 is 33.2 Å². The lowest BCUT2D eigenvalue weighted by Crippen LogP contribution is -2.44. The third kappa shape index (κ3) is 5.64. The number of hydrogen-bond donors (Lipinski definition) is 3. The molecule has 10 nitrogen and oxygen atoms in total. The molecule has 0 spiro atoms. The van der Waals surface area contributed by atoms with Crippen molar-refractivity contribution in [2.75, 3.05) is 13.1 Å². The van der Waals surface area contributed by atoms with Gasteiger partial charge in [-0.2, -0.15) is 17.9 Å². The number of sulfonamides is 1. The fraction of sp³-hybridized carbons (Fsp3) is 0.400. The molecule has 1 aliphatic carbocycles. The van der Waals surface area contributed by atoms with E-state index in [1.165, 1.54) is 6.07 Å². The number of halogens is 3. The van der Waals surface area contributed by atoms with Crippen LogP contribution in [-0.2, 0) is 32.2 Å². The average molecular weight is 600 g/mol. The zero-order valence-electron chi connectivity index (χ0n) is 20.7. The maximum absolute atomic E-state index is 13.1. The minimum atomic E-state index is -4.75. The molecule has 0 bridgehead atoms. The van der Waals surface area contributed by atoms with E-state index in [0.29, 0.717) is 54.5 Å². The number of carbonyl (C=O) groups excluding carboxylic acids is 1. The number of hydrogen-bond acceptors (Lipinski definition) is 8. The van der Waals surface area contributed by atoms with Gasteiger partial charge in [0, 0.05) is 25.1 Å². The van der Waals surface area contributed by atoms with Crippen molar-refractivity contribution in [1.82, 2.24) is 14.8 Å². The van der Waals surface area contributed by atoms with E-state index in [1.54, 1.807) is 29.2 Å². The number of aromatic nitrogens is 1. The lowest BCUT2D eigenvalue weighted by molar-refractivity contribution is -0.155. The number of carboxylic acids is 1. The minimum absolute atomic E-state index is 0.0283. The first-order valence-corrected chi connectivity index (χ1v) is 14.5. The highest BCUT2D eigenvalue weighted by molar-refractivity contribution is 7.91. The van der Waals surface area contributed by atoms with E-state index in [-0.39, 0.29) is 33.5 Å². The Balaban J connectivity index is 1.30. The molecule has 2 fully saturated rings. The average Bonchev–Trinajstić information content (AvgIpc) is 3.24. The Morgan fingerprint density at radius 1 is 1.18 bits per heavy atom. The quantitative estimate of drug-likeness (QED) is 0.357. The van der Waals surface area contributed by atoms with Gasteiger partial charge in [0.05, 0.1) is 17.4 Å². The fourth-order valence-electron chi connectivity index (χ4n) is 4.80. The van der Waals surface area contributed by atoms with Crippen molar-refractivity contribution in [3.05, 3.63) is 59.4 Å². The van der Waals surface area contributed by atoms with Crippen molar-refractivity contribution in [3.8, 4) is 10.6 Å². The Bertz CT molecular complexity index is 1540. The van der Waals surface area contributed by atoms with E-state index < -0.39 is 45.5 Å². The number of benzene rings is 1. The van der Waals surface area contributed by atoms with E-state index >= 15 is 0 Å². The molecule has 40 heavy (non-hydrogen) atoms. The summed E-state index contributed by atoms with van der Waals surface area (Å²) in [6.45, 7) is 0.910.